The van der Waals surface area contributed by atoms with Gasteiger partial charge in [-0.05, 0) is 30.1 Å². The minimum atomic E-state index is 0.253. The maximum atomic E-state index is 4.18. The lowest BCUT2D eigenvalue weighted by Crippen LogP contribution is -2.52. The molecule has 0 bridgehead atoms. The summed E-state index contributed by atoms with van der Waals surface area (Å²) in [5.74, 6) is 1.60. The molecule has 0 saturated heterocycles. The third-order valence-electron chi connectivity index (χ3n) is 5.09. The van der Waals surface area contributed by atoms with Gasteiger partial charge in [0.15, 0.2) is 0 Å². The van der Waals surface area contributed by atoms with Crippen LogP contribution < -0.4 is 5.32 Å². The van der Waals surface area contributed by atoms with Crippen LogP contribution in [-0.4, -0.2) is 21.6 Å². The van der Waals surface area contributed by atoms with Gasteiger partial charge in [0.2, 0.25) is 0 Å². The molecule has 1 aliphatic carbocycles. The molecule has 3 unspecified atom stereocenters. The van der Waals surface area contributed by atoms with E-state index in [4.69, 9.17) is 0 Å². The molecule has 1 aromatic heterocycles. The molecule has 3 atom stereocenters. The van der Waals surface area contributed by atoms with Gasteiger partial charge >= 0.3 is 0 Å². The lowest BCUT2D eigenvalue weighted by atomic mass is 9.76. The zero-order chi connectivity index (χ0) is 15.5. The standard InChI is InChI=1S/C18H33N3/c1-14(2)15-8-6-7-9-16(15)20-17(18(3,4)5)12-21-11-10-19-13-21/h10-11,13-17,20H,6-9,12H2,1-5H3. The predicted molar refractivity (Wildman–Crippen MR) is 89.2 cm³/mol. The van der Waals surface area contributed by atoms with Crippen LogP contribution in [0, 0.1) is 17.3 Å². The van der Waals surface area contributed by atoms with Gasteiger partial charge in [0, 0.05) is 31.0 Å². The van der Waals surface area contributed by atoms with Crippen molar-refractivity contribution in [1.82, 2.24) is 14.9 Å². The van der Waals surface area contributed by atoms with Crippen LogP contribution in [0.5, 0.6) is 0 Å². The van der Waals surface area contributed by atoms with Crippen LogP contribution in [-0.2, 0) is 6.54 Å². The summed E-state index contributed by atoms with van der Waals surface area (Å²) in [5.41, 5.74) is 0.253. The molecule has 0 aliphatic heterocycles. The third-order valence-corrected chi connectivity index (χ3v) is 5.09. The van der Waals surface area contributed by atoms with Crippen LogP contribution in [0.15, 0.2) is 18.7 Å². The zero-order valence-corrected chi connectivity index (χ0v) is 14.5. The first-order valence-electron chi connectivity index (χ1n) is 8.59. The van der Waals surface area contributed by atoms with Crippen molar-refractivity contribution >= 4 is 0 Å². The minimum absolute atomic E-state index is 0.253. The third kappa shape index (κ3) is 4.57. The highest BCUT2D eigenvalue weighted by molar-refractivity contribution is 4.90. The largest absolute Gasteiger partial charge is 0.336 e. The Hall–Kier alpha value is -0.830. The van der Waals surface area contributed by atoms with Crippen molar-refractivity contribution in [3.63, 3.8) is 0 Å². The quantitative estimate of drug-likeness (QED) is 0.885. The van der Waals surface area contributed by atoms with E-state index in [9.17, 15) is 0 Å². The Morgan fingerprint density at radius 1 is 1.24 bits per heavy atom. The first-order chi connectivity index (χ1) is 9.88. The molecule has 0 amide bonds. The smallest absolute Gasteiger partial charge is 0.0946 e. The highest BCUT2D eigenvalue weighted by atomic mass is 15.1. The molecule has 21 heavy (non-hydrogen) atoms. The van der Waals surface area contributed by atoms with Gasteiger partial charge in [-0.25, -0.2) is 4.98 Å². The zero-order valence-electron chi connectivity index (χ0n) is 14.5. The molecular formula is C18H33N3. The van der Waals surface area contributed by atoms with E-state index >= 15 is 0 Å². The molecule has 3 heteroatoms. The van der Waals surface area contributed by atoms with Crippen LogP contribution in [0.2, 0.25) is 0 Å². The molecule has 1 heterocycles. The lowest BCUT2D eigenvalue weighted by Gasteiger charge is -2.41. The van der Waals surface area contributed by atoms with Crippen LogP contribution in [0.3, 0.4) is 0 Å². The Labute approximate surface area is 130 Å². The van der Waals surface area contributed by atoms with E-state index in [1.807, 2.05) is 12.5 Å². The molecule has 1 saturated carbocycles. The van der Waals surface area contributed by atoms with Gasteiger partial charge in [0.25, 0.3) is 0 Å². The molecule has 0 spiro atoms. The highest BCUT2D eigenvalue weighted by Crippen LogP contribution is 2.32. The van der Waals surface area contributed by atoms with Gasteiger partial charge in [-0.15, -0.1) is 0 Å². The molecule has 120 valence electrons. The van der Waals surface area contributed by atoms with Gasteiger partial charge < -0.3 is 9.88 Å². The highest BCUT2D eigenvalue weighted by Gasteiger charge is 2.33. The monoisotopic (exact) mass is 291 g/mol. The van der Waals surface area contributed by atoms with Crippen molar-refractivity contribution in [1.29, 1.82) is 0 Å². The number of hydrogen-bond donors (Lipinski definition) is 1. The summed E-state index contributed by atoms with van der Waals surface area (Å²) in [5, 5.41) is 4.02. The number of hydrogen-bond acceptors (Lipinski definition) is 2. The Kier molecular flexibility index (Phi) is 5.48. The summed E-state index contributed by atoms with van der Waals surface area (Å²) in [4.78, 5) is 4.18. The summed E-state index contributed by atoms with van der Waals surface area (Å²) in [6, 6.07) is 1.16. The maximum absolute atomic E-state index is 4.18. The molecule has 1 aliphatic rings. The fraction of sp³-hybridized carbons (Fsp3) is 0.833. The van der Waals surface area contributed by atoms with Gasteiger partial charge in [0.05, 0.1) is 6.33 Å². The lowest BCUT2D eigenvalue weighted by molar-refractivity contribution is 0.145. The topological polar surface area (TPSA) is 29.9 Å². The fourth-order valence-corrected chi connectivity index (χ4v) is 3.60. The van der Waals surface area contributed by atoms with E-state index in [-0.39, 0.29) is 5.41 Å². The van der Waals surface area contributed by atoms with Crippen molar-refractivity contribution in [2.45, 2.75) is 78.9 Å². The summed E-state index contributed by atoms with van der Waals surface area (Å²) >= 11 is 0. The van der Waals surface area contributed by atoms with E-state index in [0.717, 1.165) is 18.4 Å². The Balaban J connectivity index is 2.06. The Morgan fingerprint density at radius 3 is 2.52 bits per heavy atom. The molecule has 1 fully saturated rings. The van der Waals surface area contributed by atoms with E-state index in [0.29, 0.717) is 12.1 Å². The van der Waals surface area contributed by atoms with Crippen molar-refractivity contribution in [2.75, 3.05) is 0 Å². The molecular weight excluding hydrogens is 258 g/mol. The maximum Gasteiger partial charge on any atom is 0.0946 e. The minimum Gasteiger partial charge on any atom is -0.336 e. The first-order valence-corrected chi connectivity index (χ1v) is 8.59. The Bertz CT molecular complexity index is 403. The number of aromatic nitrogens is 2. The second kappa shape index (κ2) is 6.95. The number of imidazole rings is 1. The summed E-state index contributed by atoms with van der Waals surface area (Å²) in [6.07, 6.45) is 11.4. The number of nitrogens with one attached hydrogen (secondary N) is 1. The molecule has 1 aromatic rings. The second-order valence-electron chi connectivity index (χ2n) is 8.14. The SMILES string of the molecule is CC(C)C1CCCCC1NC(Cn1ccnc1)C(C)(C)C. The van der Waals surface area contributed by atoms with Gasteiger partial charge in [-0.3, -0.25) is 0 Å². The normalized spacial score (nSPS) is 25.2. The molecule has 1 N–H and O–H groups in total. The second-order valence-corrected chi connectivity index (χ2v) is 8.14. The van der Waals surface area contributed by atoms with Gasteiger partial charge in [0.1, 0.15) is 0 Å². The molecule has 0 radical (unpaired) electrons. The summed E-state index contributed by atoms with van der Waals surface area (Å²) in [6.45, 7) is 12.8. The average Bonchev–Trinajstić information content (AvgIpc) is 2.90. The van der Waals surface area contributed by atoms with E-state index < -0.39 is 0 Å². The van der Waals surface area contributed by atoms with Crippen LogP contribution in [0.25, 0.3) is 0 Å². The fourth-order valence-electron chi connectivity index (χ4n) is 3.60. The van der Waals surface area contributed by atoms with Gasteiger partial charge in [-0.1, -0.05) is 47.5 Å². The molecule has 0 aromatic carbocycles. The van der Waals surface area contributed by atoms with E-state index in [2.05, 4.69) is 55.7 Å². The van der Waals surface area contributed by atoms with Crippen molar-refractivity contribution in [2.24, 2.45) is 17.3 Å². The van der Waals surface area contributed by atoms with Crippen LogP contribution in [0.4, 0.5) is 0 Å². The molecule has 2 rings (SSSR count). The Morgan fingerprint density at radius 2 is 1.95 bits per heavy atom. The van der Waals surface area contributed by atoms with Crippen LogP contribution in [0.1, 0.15) is 60.3 Å². The summed E-state index contributed by atoms with van der Waals surface area (Å²) in [7, 11) is 0. The summed E-state index contributed by atoms with van der Waals surface area (Å²) < 4.78 is 2.20. The first kappa shape index (κ1) is 16.5. The van der Waals surface area contributed by atoms with Gasteiger partial charge in [-0.2, -0.15) is 0 Å². The van der Waals surface area contributed by atoms with E-state index in [1.54, 1.807) is 0 Å². The van der Waals surface area contributed by atoms with Crippen molar-refractivity contribution < 1.29 is 0 Å². The van der Waals surface area contributed by atoms with E-state index in [1.165, 1.54) is 25.7 Å². The predicted octanol–water partition coefficient (Wildman–Crippen LogP) is 4.10. The average molecular weight is 291 g/mol. The number of rotatable bonds is 5. The van der Waals surface area contributed by atoms with Crippen molar-refractivity contribution in [3.8, 4) is 0 Å². The van der Waals surface area contributed by atoms with Crippen molar-refractivity contribution in [3.05, 3.63) is 18.7 Å². The van der Waals surface area contributed by atoms with Crippen LogP contribution >= 0.6 is 0 Å². The number of nitrogens with zero attached hydrogens (tertiary/aromatic N) is 2. The molecule has 3 nitrogen and oxygen atoms in total.